The van der Waals surface area contributed by atoms with Crippen molar-refractivity contribution in [2.75, 3.05) is 0 Å². The molecule has 3 heteroatoms. The maximum atomic E-state index is 13.5. The lowest BCUT2D eigenvalue weighted by molar-refractivity contribution is 0.306. The Morgan fingerprint density at radius 1 is 0.833 bits per heavy atom. The third kappa shape index (κ3) is 2.88. The highest BCUT2D eigenvalue weighted by atomic mass is 19.1. The van der Waals surface area contributed by atoms with Crippen LogP contribution in [-0.2, 0) is 6.61 Å². The van der Waals surface area contributed by atoms with Crippen molar-refractivity contribution in [1.82, 2.24) is 4.57 Å². The van der Waals surface area contributed by atoms with Crippen molar-refractivity contribution >= 4 is 10.9 Å². The molecule has 0 atom stereocenters. The van der Waals surface area contributed by atoms with Gasteiger partial charge in [-0.15, -0.1) is 0 Å². The third-order valence-electron chi connectivity index (χ3n) is 4.00. The fourth-order valence-corrected chi connectivity index (χ4v) is 2.80. The van der Waals surface area contributed by atoms with Crippen molar-refractivity contribution in [3.05, 3.63) is 96.4 Å². The molecule has 0 amide bonds. The summed E-state index contributed by atoms with van der Waals surface area (Å²) in [5.41, 5.74) is 2.96. The molecule has 0 unspecified atom stereocenters. The zero-order valence-electron chi connectivity index (χ0n) is 13.0. The Balaban J connectivity index is 1.61. The van der Waals surface area contributed by atoms with Crippen LogP contribution in [0.5, 0.6) is 5.75 Å². The van der Waals surface area contributed by atoms with Gasteiger partial charge in [-0.25, -0.2) is 4.39 Å². The van der Waals surface area contributed by atoms with Gasteiger partial charge in [-0.05, 0) is 48.0 Å². The van der Waals surface area contributed by atoms with Crippen LogP contribution in [0.2, 0.25) is 0 Å². The van der Waals surface area contributed by atoms with Gasteiger partial charge in [-0.1, -0.05) is 36.4 Å². The van der Waals surface area contributed by atoms with E-state index in [0.717, 1.165) is 27.9 Å². The molecule has 0 saturated carbocycles. The summed E-state index contributed by atoms with van der Waals surface area (Å²) in [6.45, 7) is 0.539. The molecule has 1 aromatic heterocycles. The third-order valence-corrected chi connectivity index (χ3v) is 4.00. The summed E-state index contributed by atoms with van der Waals surface area (Å²) in [6, 6.07) is 24.6. The summed E-state index contributed by atoms with van der Waals surface area (Å²) >= 11 is 0. The molecule has 4 aromatic rings. The SMILES string of the molecule is Fc1cccc(-n2ccc3cc(OCc4ccccc4)ccc32)c1. The summed E-state index contributed by atoms with van der Waals surface area (Å²) < 4.78 is 21.3. The fourth-order valence-electron chi connectivity index (χ4n) is 2.80. The number of fused-ring (bicyclic) bond motifs is 1. The van der Waals surface area contributed by atoms with Gasteiger partial charge in [-0.3, -0.25) is 0 Å². The average molecular weight is 317 g/mol. The highest BCUT2D eigenvalue weighted by Crippen LogP contribution is 2.25. The molecule has 0 N–H and O–H groups in total. The lowest BCUT2D eigenvalue weighted by atomic mass is 10.2. The van der Waals surface area contributed by atoms with Gasteiger partial charge in [0.15, 0.2) is 0 Å². The van der Waals surface area contributed by atoms with E-state index in [1.54, 1.807) is 6.07 Å². The van der Waals surface area contributed by atoms with Crippen molar-refractivity contribution in [3.8, 4) is 11.4 Å². The van der Waals surface area contributed by atoms with Crippen LogP contribution in [0.15, 0.2) is 85.1 Å². The second-order valence-corrected chi connectivity index (χ2v) is 5.66. The Labute approximate surface area is 139 Å². The minimum Gasteiger partial charge on any atom is -0.489 e. The Bertz CT molecular complexity index is 975. The first-order chi connectivity index (χ1) is 11.8. The highest BCUT2D eigenvalue weighted by molar-refractivity contribution is 5.83. The van der Waals surface area contributed by atoms with Gasteiger partial charge in [0.1, 0.15) is 18.2 Å². The van der Waals surface area contributed by atoms with Crippen molar-refractivity contribution in [2.45, 2.75) is 6.61 Å². The minimum atomic E-state index is -0.239. The van der Waals surface area contributed by atoms with E-state index in [9.17, 15) is 4.39 Å². The number of rotatable bonds is 4. The first-order valence-electron chi connectivity index (χ1n) is 7.83. The number of ether oxygens (including phenoxy) is 1. The molecule has 0 aliphatic heterocycles. The molecular weight excluding hydrogens is 301 g/mol. The molecular formula is C21H16FNO. The zero-order valence-corrected chi connectivity index (χ0v) is 13.0. The van der Waals surface area contributed by atoms with Crippen LogP contribution in [0.1, 0.15) is 5.56 Å². The largest absolute Gasteiger partial charge is 0.489 e. The van der Waals surface area contributed by atoms with E-state index in [4.69, 9.17) is 4.74 Å². The number of aromatic nitrogens is 1. The number of halogens is 1. The maximum Gasteiger partial charge on any atom is 0.125 e. The van der Waals surface area contributed by atoms with E-state index in [2.05, 4.69) is 0 Å². The monoisotopic (exact) mass is 317 g/mol. The molecule has 0 saturated heterocycles. The zero-order chi connectivity index (χ0) is 16.4. The van der Waals surface area contributed by atoms with Crippen molar-refractivity contribution in [3.63, 3.8) is 0 Å². The van der Waals surface area contributed by atoms with E-state index in [1.807, 2.05) is 71.4 Å². The van der Waals surface area contributed by atoms with E-state index in [1.165, 1.54) is 12.1 Å². The van der Waals surface area contributed by atoms with E-state index in [0.29, 0.717) is 6.61 Å². The van der Waals surface area contributed by atoms with Crippen LogP contribution in [0.4, 0.5) is 4.39 Å². The van der Waals surface area contributed by atoms with Crippen LogP contribution in [0.25, 0.3) is 16.6 Å². The van der Waals surface area contributed by atoms with Gasteiger partial charge in [-0.2, -0.15) is 0 Å². The number of hydrogen-bond acceptors (Lipinski definition) is 1. The fraction of sp³-hybridized carbons (Fsp3) is 0.0476. The van der Waals surface area contributed by atoms with Crippen LogP contribution in [0.3, 0.4) is 0 Å². The summed E-state index contributed by atoms with van der Waals surface area (Å²) in [4.78, 5) is 0. The van der Waals surface area contributed by atoms with Gasteiger partial charge in [0, 0.05) is 17.3 Å². The lowest BCUT2D eigenvalue weighted by Gasteiger charge is -2.08. The predicted molar refractivity (Wildman–Crippen MR) is 94.0 cm³/mol. The number of benzene rings is 3. The first-order valence-corrected chi connectivity index (χ1v) is 7.83. The predicted octanol–water partition coefficient (Wildman–Crippen LogP) is 5.35. The molecule has 3 aromatic carbocycles. The van der Waals surface area contributed by atoms with E-state index in [-0.39, 0.29) is 5.82 Å². The first kappa shape index (κ1) is 14.5. The number of nitrogens with zero attached hydrogens (tertiary/aromatic N) is 1. The second-order valence-electron chi connectivity index (χ2n) is 5.66. The Morgan fingerprint density at radius 2 is 1.71 bits per heavy atom. The van der Waals surface area contributed by atoms with Gasteiger partial charge in [0.25, 0.3) is 0 Å². The normalized spacial score (nSPS) is 10.9. The Hall–Kier alpha value is -3.07. The molecule has 0 bridgehead atoms. The molecule has 4 rings (SSSR count). The Morgan fingerprint density at radius 3 is 2.54 bits per heavy atom. The van der Waals surface area contributed by atoms with Crippen LogP contribution in [0, 0.1) is 5.82 Å². The molecule has 0 spiro atoms. The van der Waals surface area contributed by atoms with Crippen molar-refractivity contribution in [2.24, 2.45) is 0 Å². The topological polar surface area (TPSA) is 14.2 Å². The summed E-state index contributed by atoms with van der Waals surface area (Å²) in [5.74, 6) is 0.584. The number of hydrogen-bond donors (Lipinski definition) is 0. The smallest absolute Gasteiger partial charge is 0.125 e. The maximum absolute atomic E-state index is 13.5. The van der Waals surface area contributed by atoms with E-state index >= 15 is 0 Å². The van der Waals surface area contributed by atoms with Crippen LogP contribution >= 0.6 is 0 Å². The molecule has 2 nitrogen and oxygen atoms in total. The van der Waals surface area contributed by atoms with Gasteiger partial charge >= 0.3 is 0 Å². The standard InChI is InChI=1S/C21H16FNO/c22-18-7-4-8-19(14-18)23-12-11-17-13-20(9-10-21(17)23)24-15-16-5-2-1-3-6-16/h1-14H,15H2. The molecule has 118 valence electrons. The van der Waals surface area contributed by atoms with Crippen molar-refractivity contribution in [1.29, 1.82) is 0 Å². The van der Waals surface area contributed by atoms with Gasteiger partial charge in [0.05, 0.1) is 5.52 Å². The lowest BCUT2D eigenvalue weighted by Crippen LogP contribution is -1.95. The molecule has 0 radical (unpaired) electrons. The quantitative estimate of drug-likeness (QED) is 0.495. The van der Waals surface area contributed by atoms with Gasteiger partial charge < -0.3 is 9.30 Å². The summed E-state index contributed by atoms with van der Waals surface area (Å²) in [6.07, 6.45) is 1.94. The molecule has 0 aliphatic carbocycles. The van der Waals surface area contributed by atoms with Crippen LogP contribution in [-0.4, -0.2) is 4.57 Å². The van der Waals surface area contributed by atoms with E-state index < -0.39 is 0 Å². The summed E-state index contributed by atoms with van der Waals surface area (Å²) in [7, 11) is 0. The molecule has 0 aliphatic rings. The highest BCUT2D eigenvalue weighted by Gasteiger charge is 2.06. The molecule has 0 fully saturated rings. The summed E-state index contributed by atoms with van der Waals surface area (Å²) in [5, 5.41) is 1.06. The van der Waals surface area contributed by atoms with Crippen LogP contribution < -0.4 is 4.74 Å². The minimum absolute atomic E-state index is 0.239. The van der Waals surface area contributed by atoms with Crippen molar-refractivity contribution < 1.29 is 9.13 Å². The second kappa shape index (κ2) is 6.20. The molecule has 1 heterocycles. The van der Waals surface area contributed by atoms with Gasteiger partial charge in [0.2, 0.25) is 0 Å². The average Bonchev–Trinajstić information content (AvgIpc) is 3.04. The Kier molecular flexibility index (Phi) is 3.75. The molecule has 24 heavy (non-hydrogen) atoms.